The molecule has 3 nitrogen and oxygen atoms in total. The molecule has 3 rings (SSSR count). The van der Waals surface area contributed by atoms with Crippen molar-refractivity contribution in [3.05, 3.63) is 89.6 Å². The smallest absolute Gasteiger partial charge is 0.194 e. The van der Waals surface area contributed by atoms with Gasteiger partial charge < -0.3 is 5.32 Å². The summed E-state index contributed by atoms with van der Waals surface area (Å²) in [5, 5.41) is 2.74. The van der Waals surface area contributed by atoms with Gasteiger partial charge in [-0.05, 0) is 24.3 Å². The lowest BCUT2D eigenvalue weighted by Gasteiger charge is -2.07. The van der Waals surface area contributed by atoms with E-state index in [9.17, 15) is 13.6 Å². The Morgan fingerprint density at radius 3 is 2.35 bits per heavy atom. The zero-order valence-electron chi connectivity index (χ0n) is 12.0. The minimum atomic E-state index is -0.712. The van der Waals surface area contributed by atoms with E-state index in [0.717, 1.165) is 12.1 Å². The molecular formula is C18H12F2N2O. The molecule has 0 aliphatic rings. The fourth-order valence-corrected chi connectivity index (χ4v) is 2.09. The fourth-order valence-electron chi connectivity index (χ4n) is 2.09. The Morgan fingerprint density at radius 1 is 0.913 bits per heavy atom. The van der Waals surface area contributed by atoms with Gasteiger partial charge in [-0.25, -0.2) is 13.8 Å². The molecule has 0 saturated carbocycles. The second-order valence-corrected chi connectivity index (χ2v) is 4.88. The lowest BCUT2D eigenvalue weighted by atomic mass is 10.1. The van der Waals surface area contributed by atoms with Crippen LogP contribution in [-0.4, -0.2) is 10.8 Å². The van der Waals surface area contributed by atoms with Gasteiger partial charge in [0.2, 0.25) is 0 Å². The average molecular weight is 310 g/mol. The molecule has 23 heavy (non-hydrogen) atoms. The van der Waals surface area contributed by atoms with Crippen LogP contribution in [0.2, 0.25) is 0 Å². The van der Waals surface area contributed by atoms with Crippen LogP contribution in [0.5, 0.6) is 0 Å². The maximum atomic E-state index is 13.6. The first kappa shape index (κ1) is 14.8. The molecule has 0 amide bonds. The Balaban J connectivity index is 1.78. The van der Waals surface area contributed by atoms with Gasteiger partial charge in [-0.15, -0.1) is 0 Å². The van der Waals surface area contributed by atoms with Gasteiger partial charge in [0.25, 0.3) is 0 Å². The fraction of sp³-hybridized carbons (Fsp3) is 0. The number of nitrogens with zero attached hydrogens (tertiary/aromatic N) is 1. The van der Waals surface area contributed by atoms with Crippen LogP contribution in [0.25, 0.3) is 0 Å². The zero-order chi connectivity index (χ0) is 16.2. The van der Waals surface area contributed by atoms with E-state index >= 15 is 0 Å². The van der Waals surface area contributed by atoms with Crippen LogP contribution in [0.1, 0.15) is 15.9 Å². The summed E-state index contributed by atoms with van der Waals surface area (Å²) in [6.07, 6.45) is 1.42. The number of pyridine rings is 1. The number of carbonyl (C=O) groups excluding carboxylic acids is 1. The third-order valence-electron chi connectivity index (χ3n) is 3.26. The van der Waals surface area contributed by atoms with Crippen molar-refractivity contribution >= 4 is 17.3 Å². The number of rotatable bonds is 4. The van der Waals surface area contributed by atoms with Crippen LogP contribution < -0.4 is 5.32 Å². The Morgan fingerprint density at radius 2 is 1.70 bits per heavy atom. The molecule has 0 bridgehead atoms. The topological polar surface area (TPSA) is 42.0 Å². The molecule has 0 fully saturated rings. The first-order valence-electron chi connectivity index (χ1n) is 6.91. The quantitative estimate of drug-likeness (QED) is 0.729. The highest BCUT2D eigenvalue weighted by molar-refractivity contribution is 6.08. The number of hydrogen-bond donors (Lipinski definition) is 1. The Kier molecular flexibility index (Phi) is 4.10. The van der Waals surface area contributed by atoms with Crippen molar-refractivity contribution in [1.82, 2.24) is 4.98 Å². The van der Waals surface area contributed by atoms with Crippen molar-refractivity contribution in [3.8, 4) is 0 Å². The summed E-state index contributed by atoms with van der Waals surface area (Å²) in [5.41, 5.74) is 1.11. The van der Waals surface area contributed by atoms with Crippen LogP contribution in [-0.2, 0) is 0 Å². The van der Waals surface area contributed by atoms with Crippen LogP contribution >= 0.6 is 0 Å². The molecule has 0 unspecified atom stereocenters. The standard InChI is InChI=1S/C18H12F2N2O/c19-14-7-8-16(15(20)10-14)22-17-9-6-13(11-21-17)18(23)12-4-2-1-3-5-12/h1-11H,(H,21,22). The van der Waals surface area contributed by atoms with Gasteiger partial charge in [0.05, 0.1) is 5.69 Å². The number of hydrogen-bond acceptors (Lipinski definition) is 3. The van der Waals surface area contributed by atoms with Gasteiger partial charge in [-0.2, -0.15) is 0 Å². The first-order valence-corrected chi connectivity index (χ1v) is 6.91. The van der Waals surface area contributed by atoms with E-state index in [1.165, 1.54) is 12.3 Å². The van der Waals surface area contributed by atoms with Crippen molar-refractivity contribution in [2.75, 3.05) is 5.32 Å². The van der Waals surface area contributed by atoms with Gasteiger partial charge in [-0.3, -0.25) is 4.79 Å². The van der Waals surface area contributed by atoms with Gasteiger partial charge >= 0.3 is 0 Å². The number of ketones is 1. The van der Waals surface area contributed by atoms with Gasteiger partial charge in [-0.1, -0.05) is 30.3 Å². The molecule has 0 aliphatic carbocycles. The van der Waals surface area contributed by atoms with E-state index in [0.29, 0.717) is 16.9 Å². The lowest BCUT2D eigenvalue weighted by molar-refractivity contribution is 0.103. The van der Waals surface area contributed by atoms with Crippen molar-refractivity contribution in [2.45, 2.75) is 0 Å². The summed E-state index contributed by atoms with van der Waals surface area (Å²) >= 11 is 0. The summed E-state index contributed by atoms with van der Waals surface area (Å²) < 4.78 is 26.4. The molecule has 0 spiro atoms. The van der Waals surface area contributed by atoms with Gasteiger partial charge in [0.1, 0.15) is 17.5 Å². The number of nitrogens with one attached hydrogen (secondary N) is 1. The largest absolute Gasteiger partial charge is 0.338 e. The lowest BCUT2D eigenvalue weighted by Crippen LogP contribution is -2.03. The van der Waals surface area contributed by atoms with E-state index in [4.69, 9.17) is 0 Å². The molecule has 0 saturated heterocycles. The minimum absolute atomic E-state index is 0.112. The predicted octanol–water partition coefficient (Wildman–Crippen LogP) is 4.33. The number of anilines is 2. The molecule has 1 N–H and O–H groups in total. The molecular weight excluding hydrogens is 298 g/mol. The van der Waals surface area contributed by atoms with Crippen molar-refractivity contribution in [2.24, 2.45) is 0 Å². The van der Waals surface area contributed by atoms with E-state index in [2.05, 4.69) is 10.3 Å². The van der Waals surface area contributed by atoms with E-state index in [1.54, 1.807) is 36.4 Å². The molecule has 0 radical (unpaired) electrons. The number of aromatic nitrogens is 1. The SMILES string of the molecule is O=C(c1ccccc1)c1ccc(Nc2ccc(F)cc2F)nc1. The first-order chi connectivity index (χ1) is 11.1. The van der Waals surface area contributed by atoms with Gasteiger partial charge in [0, 0.05) is 23.4 Å². The minimum Gasteiger partial charge on any atom is -0.338 e. The summed E-state index contributed by atoms with van der Waals surface area (Å²) in [5.74, 6) is -1.14. The van der Waals surface area contributed by atoms with E-state index < -0.39 is 11.6 Å². The molecule has 2 aromatic carbocycles. The third kappa shape index (κ3) is 3.40. The van der Waals surface area contributed by atoms with Crippen molar-refractivity contribution in [1.29, 1.82) is 0 Å². The summed E-state index contributed by atoms with van der Waals surface area (Å²) in [6, 6.07) is 15.3. The van der Waals surface area contributed by atoms with E-state index in [-0.39, 0.29) is 11.5 Å². The third-order valence-corrected chi connectivity index (χ3v) is 3.26. The molecule has 3 aromatic rings. The summed E-state index contributed by atoms with van der Waals surface area (Å²) in [7, 11) is 0. The zero-order valence-corrected chi connectivity index (χ0v) is 12.0. The van der Waals surface area contributed by atoms with Crippen LogP contribution in [0, 0.1) is 11.6 Å². The average Bonchev–Trinajstić information content (AvgIpc) is 2.58. The maximum Gasteiger partial charge on any atom is 0.194 e. The molecule has 0 atom stereocenters. The second kappa shape index (κ2) is 6.36. The number of halogens is 2. The van der Waals surface area contributed by atoms with Crippen molar-refractivity contribution in [3.63, 3.8) is 0 Å². The highest BCUT2D eigenvalue weighted by Gasteiger charge is 2.10. The second-order valence-electron chi connectivity index (χ2n) is 4.88. The van der Waals surface area contributed by atoms with Crippen molar-refractivity contribution < 1.29 is 13.6 Å². The molecule has 1 aromatic heterocycles. The maximum absolute atomic E-state index is 13.6. The van der Waals surface area contributed by atoms with Crippen LogP contribution in [0.4, 0.5) is 20.3 Å². The normalized spacial score (nSPS) is 10.3. The van der Waals surface area contributed by atoms with E-state index in [1.807, 2.05) is 6.07 Å². The highest BCUT2D eigenvalue weighted by Crippen LogP contribution is 2.20. The van der Waals surface area contributed by atoms with Crippen LogP contribution in [0.15, 0.2) is 66.9 Å². The molecule has 1 heterocycles. The Bertz CT molecular complexity index is 833. The summed E-state index contributed by atoms with van der Waals surface area (Å²) in [6.45, 7) is 0. The van der Waals surface area contributed by atoms with Gasteiger partial charge in [0.15, 0.2) is 5.78 Å². The monoisotopic (exact) mass is 310 g/mol. The highest BCUT2D eigenvalue weighted by atomic mass is 19.1. The Hall–Kier alpha value is -3.08. The van der Waals surface area contributed by atoms with Crippen LogP contribution in [0.3, 0.4) is 0 Å². The molecule has 5 heteroatoms. The Labute approximate surface area is 131 Å². The summed E-state index contributed by atoms with van der Waals surface area (Å²) in [4.78, 5) is 16.3. The number of benzene rings is 2. The number of carbonyl (C=O) groups is 1. The molecule has 114 valence electrons. The predicted molar refractivity (Wildman–Crippen MR) is 83.8 cm³/mol. The molecule has 0 aliphatic heterocycles.